The van der Waals surface area contributed by atoms with Gasteiger partial charge in [0.1, 0.15) is 11.5 Å². The van der Waals surface area contributed by atoms with Crippen LogP contribution in [0.1, 0.15) is 52.9 Å². The number of ether oxygens (including phenoxy) is 1. The van der Waals surface area contributed by atoms with Gasteiger partial charge in [-0.25, -0.2) is 4.98 Å². The van der Waals surface area contributed by atoms with Crippen molar-refractivity contribution < 1.29 is 18.7 Å². The lowest BCUT2D eigenvalue weighted by Crippen LogP contribution is -2.38. The molecule has 0 atom stereocenters. The number of benzene rings is 1. The molecule has 0 radical (unpaired) electrons. The second-order valence-electron chi connectivity index (χ2n) is 7.66. The molecule has 0 N–H and O–H groups in total. The molecule has 0 spiro atoms. The first-order chi connectivity index (χ1) is 13.9. The number of carbonyl (C=O) groups is 2. The van der Waals surface area contributed by atoms with Gasteiger partial charge >= 0.3 is 0 Å². The van der Waals surface area contributed by atoms with E-state index in [1.165, 1.54) is 4.90 Å². The second-order valence-corrected chi connectivity index (χ2v) is 7.66. The van der Waals surface area contributed by atoms with Gasteiger partial charge in [0.2, 0.25) is 5.91 Å². The fourth-order valence-corrected chi connectivity index (χ4v) is 3.58. The standard InChI is InChI=1S/C22H29N3O4/c1-15-20(22(27)24(2)3)23-21(29-15)17-11-13-25(14-12-17)19(26)10-7-16-5-8-18(28-4)9-6-16/h5-6,8-9,17H,7,10-14H2,1-4H3. The van der Waals surface area contributed by atoms with Gasteiger partial charge in [-0.05, 0) is 43.9 Å². The number of rotatable bonds is 6. The van der Waals surface area contributed by atoms with Gasteiger partial charge in [-0.15, -0.1) is 0 Å². The van der Waals surface area contributed by atoms with Crippen LogP contribution in [0.15, 0.2) is 28.7 Å². The summed E-state index contributed by atoms with van der Waals surface area (Å²) in [5.41, 5.74) is 1.50. The summed E-state index contributed by atoms with van der Waals surface area (Å²) < 4.78 is 10.9. The molecule has 1 fully saturated rings. The van der Waals surface area contributed by atoms with E-state index in [0.717, 1.165) is 30.6 Å². The van der Waals surface area contributed by atoms with Gasteiger partial charge in [-0.1, -0.05) is 12.1 Å². The molecule has 0 bridgehead atoms. The number of methoxy groups -OCH3 is 1. The molecular weight excluding hydrogens is 370 g/mol. The number of hydrogen-bond donors (Lipinski definition) is 0. The Morgan fingerprint density at radius 2 is 1.86 bits per heavy atom. The van der Waals surface area contributed by atoms with Crippen molar-refractivity contribution in [3.8, 4) is 5.75 Å². The average Bonchev–Trinajstić information content (AvgIpc) is 3.13. The molecule has 3 rings (SSSR count). The number of aryl methyl sites for hydroxylation is 2. The Bertz CT molecular complexity index is 849. The topological polar surface area (TPSA) is 75.9 Å². The van der Waals surface area contributed by atoms with Gasteiger partial charge in [0, 0.05) is 39.5 Å². The molecular formula is C22H29N3O4. The highest BCUT2D eigenvalue weighted by atomic mass is 16.5. The Balaban J connectivity index is 1.51. The van der Waals surface area contributed by atoms with Gasteiger partial charge in [-0.2, -0.15) is 0 Å². The smallest absolute Gasteiger partial charge is 0.275 e. The fourth-order valence-electron chi connectivity index (χ4n) is 3.58. The van der Waals surface area contributed by atoms with Gasteiger partial charge in [0.15, 0.2) is 11.6 Å². The van der Waals surface area contributed by atoms with Crippen LogP contribution in [0.4, 0.5) is 0 Å². The third kappa shape index (κ3) is 4.96. The maximum atomic E-state index is 12.6. The molecule has 7 heteroatoms. The number of aromatic nitrogens is 1. The van der Waals surface area contributed by atoms with Crippen LogP contribution in [0.5, 0.6) is 5.75 Å². The molecule has 1 aliphatic rings. The van der Waals surface area contributed by atoms with E-state index in [9.17, 15) is 9.59 Å². The maximum Gasteiger partial charge on any atom is 0.275 e. The summed E-state index contributed by atoms with van der Waals surface area (Å²) in [7, 11) is 5.04. The Labute approximate surface area is 171 Å². The first-order valence-corrected chi connectivity index (χ1v) is 9.98. The minimum Gasteiger partial charge on any atom is -0.497 e. The summed E-state index contributed by atoms with van der Waals surface area (Å²) in [5, 5.41) is 0. The van der Waals surface area contributed by atoms with E-state index in [4.69, 9.17) is 9.15 Å². The maximum absolute atomic E-state index is 12.6. The van der Waals surface area contributed by atoms with Crippen LogP contribution in [0.2, 0.25) is 0 Å². The van der Waals surface area contributed by atoms with Crippen molar-refractivity contribution in [1.82, 2.24) is 14.8 Å². The molecule has 1 saturated heterocycles. The predicted molar refractivity (Wildman–Crippen MR) is 109 cm³/mol. The van der Waals surface area contributed by atoms with Crippen LogP contribution in [-0.4, -0.2) is 60.9 Å². The third-order valence-electron chi connectivity index (χ3n) is 5.41. The zero-order valence-corrected chi connectivity index (χ0v) is 17.6. The van der Waals surface area contributed by atoms with Crippen molar-refractivity contribution in [2.45, 2.75) is 38.5 Å². The van der Waals surface area contributed by atoms with Gasteiger partial charge < -0.3 is 19.0 Å². The highest BCUT2D eigenvalue weighted by molar-refractivity contribution is 5.92. The van der Waals surface area contributed by atoms with Gasteiger partial charge in [0.05, 0.1) is 7.11 Å². The summed E-state index contributed by atoms with van der Waals surface area (Å²) in [5.74, 6) is 2.15. The molecule has 156 valence electrons. The lowest BCUT2D eigenvalue weighted by atomic mass is 9.96. The number of piperidine rings is 1. The Hall–Kier alpha value is -2.83. The largest absolute Gasteiger partial charge is 0.497 e. The summed E-state index contributed by atoms with van der Waals surface area (Å²) in [6.45, 7) is 3.14. The highest BCUT2D eigenvalue weighted by Crippen LogP contribution is 2.29. The first-order valence-electron chi connectivity index (χ1n) is 9.98. The minimum atomic E-state index is -0.149. The number of likely N-dealkylation sites (tertiary alicyclic amines) is 1. The summed E-state index contributed by atoms with van der Waals surface area (Å²) in [6, 6.07) is 7.82. The lowest BCUT2D eigenvalue weighted by Gasteiger charge is -2.30. The van der Waals surface area contributed by atoms with Crippen LogP contribution >= 0.6 is 0 Å². The third-order valence-corrected chi connectivity index (χ3v) is 5.41. The molecule has 2 aromatic rings. The second kappa shape index (κ2) is 9.11. The quantitative estimate of drug-likeness (QED) is 0.746. The van der Waals surface area contributed by atoms with Gasteiger partial charge in [-0.3, -0.25) is 9.59 Å². The van der Waals surface area contributed by atoms with E-state index in [1.54, 1.807) is 28.1 Å². The Kier molecular flexibility index (Phi) is 6.56. The van der Waals surface area contributed by atoms with Crippen LogP contribution in [0.25, 0.3) is 0 Å². The molecule has 1 aliphatic heterocycles. The van der Waals surface area contributed by atoms with Crippen molar-refractivity contribution in [2.75, 3.05) is 34.3 Å². The SMILES string of the molecule is COc1ccc(CCC(=O)N2CCC(c3nc(C(=O)N(C)C)c(C)o3)CC2)cc1. The number of amides is 2. The van der Waals surface area contributed by atoms with E-state index < -0.39 is 0 Å². The van der Waals surface area contributed by atoms with E-state index in [0.29, 0.717) is 36.9 Å². The molecule has 2 heterocycles. The van der Waals surface area contributed by atoms with Crippen LogP contribution in [0, 0.1) is 6.92 Å². The molecule has 7 nitrogen and oxygen atoms in total. The van der Waals surface area contributed by atoms with Crippen molar-refractivity contribution in [2.24, 2.45) is 0 Å². The summed E-state index contributed by atoms with van der Waals surface area (Å²) in [4.78, 5) is 32.6. The highest BCUT2D eigenvalue weighted by Gasteiger charge is 2.28. The molecule has 0 aliphatic carbocycles. The van der Waals surface area contributed by atoms with Crippen molar-refractivity contribution in [3.63, 3.8) is 0 Å². The molecule has 2 amide bonds. The van der Waals surface area contributed by atoms with Crippen molar-refractivity contribution in [1.29, 1.82) is 0 Å². The first kappa shape index (κ1) is 20.9. The predicted octanol–water partition coefficient (Wildman–Crippen LogP) is 3.03. The number of carbonyl (C=O) groups excluding carboxylic acids is 2. The lowest BCUT2D eigenvalue weighted by molar-refractivity contribution is -0.132. The molecule has 1 aromatic carbocycles. The molecule has 1 aromatic heterocycles. The zero-order chi connectivity index (χ0) is 21.0. The summed E-state index contributed by atoms with van der Waals surface area (Å²) in [6.07, 6.45) is 2.81. The molecule has 29 heavy (non-hydrogen) atoms. The number of oxazole rings is 1. The van der Waals surface area contributed by atoms with Gasteiger partial charge in [0.25, 0.3) is 5.91 Å². The minimum absolute atomic E-state index is 0.142. The van der Waals surface area contributed by atoms with Crippen LogP contribution < -0.4 is 4.74 Å². The zero-order valence-electron chi connectivity index (χ0n) is 17.6. The fraction of sp³-hybridized carbons (Fsp3) is 0.500. The van der Waals surface area contributed by atoms with Crippen molar-refractivity contribution >= 4 is 11.8 Å². The van der Waals surface area contributed by atoms with Crippen LogP contribution in [-0.2, 0) is 11.2 Å². The molecule has 0 unspecified atom stereocenters. The summed E-state index contributed by atoms with van der Waals surface area (Å²) >= 11 is 0. The Morgan fingerprint density at radius 1 is 1.21 bits per heavy atom. The van der Waals surface area contributed by atoms with E-state index in [-0.39, 0.29) is 17.7 Å². The average molecular weight is 399 g/mol. The monoisotopic (exact) mass is 399 g/mol. The Morgan fingerprint density at radius 3 is 2.45 bits per heavy atom. The van der Waals surface area contributed by atoms with E-state index in [1.807, 2.05) is 29.2 Å². The van der Waals surface area contributed by atoms with Crippen molar-refractivity contribution in [3.05, 3.63) is 47.2 Å². The molecule has 0 saturated carbocycles. The van der Waals surface area contributed by atoms with E-state index in [2.05, 4.69) is 4.98 Å². The normalized spacial score (nSPS) is 14.7. The number of hydrogen-bond acceptors (Lipinski definition) is 5. The number of nitrogens with zero attached hydrogens (tertiary/aromatic N) is 3. The van der Waals surface area contributed by atoms with Crippen LogP contribution in [0.3, 0.4) is 0 Å². The van der Waals surface area contributed by atoms with E-state index >= 15 is 0 Å².